The molecule has 0 spiro atoms. The van der Waals surface area contributed by atoms with Crippen molar-refractivity contribution in [1.82, 2.24) is 0 Å². The zero-order valence-corrected chi connectivity index (χ0v) is 5.76. The Kier molecular flexibility index (Phi) is 6.69. The summed E-state index contributed by atoms with van der Waals surface area (Å²) in [6.45, 7) is 0. The van der Waals surface area contributed by atoms with Crippen LogP contribution in [-0.4, -0.2) is 14.4 Å². The molecule has 5 nitrogen and oxygen atoms in total. The van der Waals surface area contributed by atoms with Crippen molar-refractivity contribution in [2.24, 2.45) is 10.1 Å². The van der Waals surface area contributed by atoms with Crippen LogP contribution in [0.3, 0.4) is 0 Å². The molecule has 0 aliphatic heterocycles. The second-order valence-electron chi connectivity index (χ2n) is 0.647. The summed E-state index contributed by atoms with van der Waals surface area (Å²) in [5.41, 5.74) is 4.29. The van der Waals surface area contributed by atoms with Crippen molar-refractivity contribution in [3.05, 3.63) is 0 Å². The second-order valence-corrected chi connectivity index (χ2v) is 1.26. The number of carbonyl (C=O) groups excluding carboxylic acids is 1. The number of nitrogens with two attached hydrogens (primary N) is 1. The summed E-state index contributed by atoms with van der Waals surface area (Å²) in [7, 11) is -2.70. The molecule has 2 N–H and O–H groups in total. The minimum absolute atomic E-state index is 0. The van der Waals surface area contributed by atoms with E-state index in [1.807, 2.05) is 0 Å². The van der Waals surface area contributed by atoms with E-state index in [1.165, 1.54) is 0 Å². The predicted molar refractivity (Wildman–Crippen MR) is 20.9 cm³/mol. The molecule has 0 rings (SSSR count). The fraction of sp³-hybridized carbons (Fsp3) is 0. The Labute approximate surface area is 62.5 Å². The Morgan fingerprint density at radius 1 is 1.50 bits per heavy atom. The average Bonchev–Trinajstić information content (AvgIpc) is 1.27. The normalized spacial score (nSPS) is 6.50. The van der Waals surface area contributed by atoms with Crippen LogP contribution in [0.25, 0.3) is 0 Å². The molecule has 0 aliphatic rings. The third kappa shape index (κ3) is 9.27. The summed E-state index contributed by atoms with van der Waals surface area (Å²) < 4.78 is 21.0. The van der Waals surface area contributed by atoms with Gasteiger partial charge in [0.2, 0.25) is 0 Å². The predicted octanol–water partition coefficient (Wildman–Crippen LogP) is -0.875. The van der Waals surface area contributed by atoms with Crippen LogP contribution in [-0.2, 0) is 32.9 Å². The fourth-order valence-corrected chi connectivity index (χ4v) is 0.220. The number of nitrogens with zero attached hydrogens (tertiary/aromatic N) is 1. The Hall–Kier alpha value is -0.170. The van der Waals surface area contributed by atoms with E-state index in [0.717, 1.165) is 0 Å². The van der Waals surface area contributed by atoms with Crippen LogP contribution >= 0.6 is 0 Å². The summed E-state index contributed by atoms with van der Waals surface area (Å²) >= 11 is 0. The summed E-state index contributed by atoms with van der Waals surface area (Å²) in [5.74, 6) is 0. The van der Waals surface area contributed by atoms with Crippen LogP contribution in [0.4, 0.5) is 4.79 Å². The van der Waals surface area contributed by atoms with E-state index in [9.17, 15) is 13.2 Å². The van der Waals surface area contributed by atoms with Crippen molar-refractivity contribution < 1.29 is 35.6 Å². The van der Waals surface area contributed by atoms with E-state index in [4.69, 9.17) is 0 Å². The van der Waals surface area contributed by atoms with Crippen LogP contribution in [0, 0.1) is 0 Å². The van der Waals surface area contributed by atoms with Gasteiger partial charge in [-0.1, -0.05) is 4.36 Å². The van der Waals surface area contributed by atoms with E-state index >= 15 is 0 Å². The standard InChI is InChI=1S/CH2N2O3S.Ag/c2-1(4)3-7(5)6;/h(H2,2,4);. The third-order valence-corrected chi connectivity index (χ3v) is 0.494. The first kappa shape index (κ1) is 10.7. The smallest absolute Gasteiger partial charge is 0.349 e. The van der Waals surface area contributed by atoms with Crippen LogP contribution < -0.4 is 5.73 Å². The first-order chi connectivity index (χ1) is 3.13. The number of hydrogen-bond acceptors (Lipinski definition) is 3. The summed E-state index contributed by atoms with van der Waals surface area (Å²) in [6.07, 6.45) is 0. The first-order valence-electron chi connectivity index (χ1n) is 1.23. The van der Waals surface area contributed by atoms with Crippen LogP contribution in [0.1, 0.15) is 0 Å². The molecular formula is CH2AgN2O3S. The molecule has 0 atom stereocenters. The quantitative estimate of drug-likeness (QED) is 0.548. The van der Waals surface area contributed by atoms with Gasteiger partial charge in [0.1, 0.15) is 0 Å². The maximum Gasteiger partial charge on any atom is 0.353 e. The molecule has 0 fully saturated rings. The molecule has 0 bridgehead atoms. The Bertz CT molecular complexity index is 185. The SMILES string of the molecule is NC(=O)N=S(=O)=O.[Ag]. The van der Waals surface area contributed by atoms with Gasteiger partial charge in [0.25, 0.3) is 0 Å². The van der Waals surface area contributed by atoms with E-state index in [0.29, 0.717) is 0 Å². The van der Waals surface area contributed by atoms with Crippen molar-refractivity contribution in [1.29, 1.82) is 0 Å². The molecule has 0 aromatic rings. The zero-order chi connectivity index (χ0) is 5.86. The molecule has 8 heavy (non-hydrogen) atoms. The van der Waals surface area contributed by atoms with Gasteiger partial charge in [-0.3, -0.25) is 0 Å². The number of primary amides is 1. The molecule has 2 amide bonds. The number of amides is 2. The van der Waals surface area contributed by atoms with Gasteiger partial charge in [-0.05, 0) is 0 Å². The van der Waals surface area contributed by atoms with Crippen molar-refractivity contribution in [2.75, 3.05) is 0 Å². The minimum atomic E-state index is -2.70. The van der Waals surface area contributed by atoms with Gasteiger partial charge in [0, 0.05) is 22.4 Å². The van der Waals surface area contributed by atoms with Crippen molar-refractivity contribution in [3.63, 3.8) is 0 Å². The van der Waals surface area contributed by atoms with Gasteiger partial charge in [0.05, 0.1) is 0 Å². The molecule has 0 unspecified atom stereocenters. The Balaban J connectivity index is 0. The van der Waals surface area contributed by atoms with Crippen molar-refractivity contribution >= 4 is 16.5 Å². The zero-order valence-electron chi connectivity index (χ0n) is 3.46. The monoisotopic (exact) mass is 229 g/mol. The Morgan fingerprint density at radius 2 is 1.88 bits per heavy atom. The molecule has 0 heterocycles. The number of carbonyl (C=O) groups is 1. The van der Waals surface area contributed by atoms with Gasteiger partial charge in [-0.2, -0.15) is 8.42 Å². The molecule has 51 valence electrons. The largest absolute Gasteiger partial charge is 0.353 e. The van der Waals surface area contributed by atoms with Crippen molar-refractivity contribution in [3.8, 4) is 0 Å². The molecule has 0 aromatic carbocycles. The third-order valence-electron chi connectivity index (χ3n) is 0.165. The van der Waals surface area contributed by atoms with E-state index < -0.39 is 16.5 Å². The van der Waals surface area contributed by atoms with Crippen LogP contribution in [0.5, 0.6) is 0 Å². The van der Waals surface area contributed by atoms with Gasteiger partial charge >= 0.3 is 16.5 Å². The van der Waals surface area contributed by atoms with Crippen LogP contribution in [0.2, 0.25) is 0 Å². The summed E-state index contributed by atoms with van der Waals surface area (Å²) in [4.78, 5) is 9.47. The van der Waals surface area contributed by atoms with Gasteiger partial charge in [-0.25, -0.2) is 4.79 Å². The van der Waals surface area contributed by atoms with Gasteiger partial charge in [-0.15, -0.1) is 0 Å². The van der Waals surface area contributed by atoms with Crippen molar-refractivity contribution in [2.45, 2.75) is 0 Å². The molecule has 0 saturated heterocycles. The maximum atomic E-state index is 9.47. The van der Waals surface area contributed by atoms with Gasteiger partial charge < -0.3 is 5.73 Å². The number of rotatable bonds is 0. The van der Waals surface area contributed by atoms with Gasteiger partial charge in [0.15, 0.2) is 0 Å². The fourth-order valence-electron chi connectivity index (χ4n) is 0.0735. The van der Waals surface area contributed by atoms with E-state index in [1.54, 1.807) is 0 Å². The summed E-state index contributed by atoms with van der Waals surface area (Å²) in [6, 6.07) is -1.20. The van der Waals surface area contributed by atoms with E-state index in [-0.39, 0.29) is 22.4 Å². The van der Waals surface area contributed by atoms with Crippen LogP contribution in [0.15, 0.2) is 4.36 Å². The number of hydrogen-bond donors (Lipinski definition) is 1. The minimum Gasteiger partial charge on any atom is -0.349 e. The van der Waals surface area contributed by atoms with E-state index in [2.05, 4.69) is 10.1 Å². The molecule has 0 saturated carbocycles. The molecule has 0 aliphatic carbocycles. The molecule has 0 aromatic heterocycles. The Morgan fingerprint density at radius 3 is 1.88 bits per heavy atom. The maximum absolute atomic E-state index is 9.47. The molecular weight excluding hydrogens is 228 g/mol. The summed E-state index contributed by atoms with van der Waals surface area (Å²) in [5, 5.41) is 0. The topological polar surface area (TPSA) is 89.6 Å². The second kappa shape index (κ2) is 4.98. The average molecular weight is 230 g/mol. The number of urea groups is 1. The molecule has 1 radical (unpaired) electrons. The first-order valence-corrected chi connectivity index (χ1v) is 2.26. The molecule has 7 heteroatoms.